The topological polar surface area (TPSA) is 34.0 Å². The van der Waals surface area contributed by atoms with Gasteiger partial charge >= 0.3 is 0 Å². The monoisotopic (exact) mass is 453 g/mol. The Bertz CT molecular complexity index is 617. The van der Waals surface area contributed by atoms with Gasteiger partial charge in [0.15, 0.2) is 0 Å². The minimum Gasteiger partial charge on any atom is -1.00 e. The van der Waals surface area contributed by atoms with Crippen molar-refractivity contribution in [3.05, 3.63) is 54.6 Å². The van der Waals surface area contributed by atoms with Crippen molar-refractivity contribution >= 4 is 11.4 Å². The molecule has 5 heteroatoms. The second-order valence-electron chi connectivity index (χ2n) is 5.89. The van der Waals surface area contributed by atoms with Crippen molar-refractivity contribution in [2.24, 2.45) is 10.2 Å². The second-order valence-corrected chi connectivity index (χ2v) is 5.89. The summed E-state index contributed by atoms with van der Waals surface area (Å²) in [7, 11) is 0. The van der Waals surface area contributed by atoms with E-state index in [2.05, 4.69) is 31.0 Å². The zero-order valence-electron chi connectivity index (χ0n) is 15.4. The van der Waals surface area contributed by atoms with Crippen LogP contribution in [0.25, 0.3) is 0 Å². The van der Waals surface area contributed by atoms with Gasteiger partial charge in [0.1, 0.15) is 18.9 Å². The fourth-order valence-electron chi connectivity index (χ4n) is 2.72. The van der Waals surface area contributed by atoms with Crippen molar-refractivity contribution in [1.29, 1.82) is 0 Å². The van der Waals surface area contributed by atoms with Crippen LogP contribution in [0.2, 0.25) is 0 Å². The molecular weight excluding hydrogens is 425 g/mol. The first kappa shape index (κ1) is 21.6. The zero-order chi connectivity index (χ0) is 17.3. The van der Waals surface area contributed by atoms with Gasteiger partial charge < -0.3 is 33.2 Å². The number of ether oxygens (including phenoxy) is 1. The van der Waals surface area contributed by atoms with Crippen molar-refractivity contribution in [1.82, 2.24) is 0 Å². The molecule has 2 aromatic carbocycles. The summed E-state index contributed by atoms with van der Waals surface area (Å²) >= 11 is 0. The smallest absolute Gasteiger partial charge is 0.137 e. The Morgan fingerprint density at radius 1 is 0.760 bits per heavy atom. The average Bonchev–Trinajstić information content (AvgIpc) is 2.66. The van der Waals surface area contributed by atoms with Crippen LogP contribution in [0.3, 0.4) is 0 Å². The Morgan fingerprint density at radius 2 is 1.28 bits per heavy atom. The van der Waals surface area contributed by atoms with Crippen LogP contribution in [0.4, 0.5) is 11.4 Å². The Morgan fingerprint density at radius 3 is 1.80 bits per heavy atom. The molecule has 0 spiro atoms. The minimum absolute atomic E-state index is 0. The van der Waals surface area contributed by atoms with E-state index in [9.17, 15) is 0 Å². The molecule has 0 atom stereocenters. The highest BCUT2D eigenvalue weighted by Crippen LogP contribution is 2.21. The summed E-state index contributed by atoms with van der Waals surface area (Å²) in [6.45, 7) is 12.0. The van der Waals surface area contributed by atoms with Gasteiger partial charge in [0, 0.05) is 0 Å². The molecular formula is C20H28IN3O. The van der Waals surface area contributed by atoms with Gasteiger partial charge in [0.05, 0.1) is 31.0 Å². The van der Waals surface area contributed by atoms with Crippen LogP contribution < -0.4 is 28.7 Å². The number of rotatable bonds is 9. The molecule has 4 nitrogen and oxygen atoms in total. The van der Waals surface area contributed by atoms with E-state index in [4.69, 9.17) is 4.74 Å². The quantitative estimate of drug-likeness (QED) is 0.326. The first-order valence-electron chi connectivity index (χ1n) is 8.76. The van der Waals surface area contributed by atoms with Crippen LogP contribution in [0, 0.1) is 0 Å². The minimum atomic E-state index is 0. The summed E-state index contributed by atoms with van der Waals surface area (Å²) in [6.07, 6.45) is 0. The van der Waals surface area contributed by atoms with E-state index < -0.39 is 0 Å². The molecule has 0 aliphatic rings. The normalized spacial score (nSPS) is 11.3. The van der Waals surface area contributed by atoms with E-state index in [1.165, 1.54) is 0 Å². The lowest BCUT2D eigenvalue weighted by Crippen LogP contribution is -3.00. The molecule has 0 radical (unpaired) electrons. The Kier molecular flexibility index (Phi) is 9.67. The summed E-state index contributed by atoms with van der Waals surface area (Å²) in [5, 5.41) is 8.46. The highest BCUT2D eigenvalue weighted by atomic mass is 127. The van der Waals surface area contributed by atoms with Crippen molar-refractivity contribution in [2.45, 2.75) is 20.8 Å². The maximum absolute atomic E-state index is 5.90. The van der Waals surface area contributed by atoms with Crippen LogP contribution in [-0.4, -0.2) is 37.3 Å². The summed E-state index contributed by atoms with van der Waals surface area (Å²) in [5.74, 6) is 0.884. The van der Waals surface area contributed by atoms with Crippen molar-refractivity contribution < 1.29 is 33.2 Å². The first-order chi connectivity index (χ1) is 11.7. The molecule has 0 aliphatic carbocycles. The van der Waals surface area contributed by atoms with Gasteiger partial charge in [0.25, 0.3) is 0 Å². The number of nitrogens with zero attached hydrogens (tertiary/aromatic N) is 3. The molecule has 2 rings (SSSR count). The van der Waals surface area contributed by atoms with E-state index in [1.54, 1.807) is 0 Å². The van der Waals surface area contributed by atoms with Gasteiger partial charge in [-0.2, -0.15) is 10.2 Å². The van der Waals surface area contributed by atoms with Crippen LogP contribution in [0.15, 0.2) is 64.8 Å². The number of hydrogen-bond acceptors (Lipinski definition) is 3. The molecule has 136 valence electrons. The first-order valence-corrected chi connectivity index (χ1v) is 8.76. The number of likely N-dealkylation sites (N-methyl/N-ethyl adjacent to an activating group) is 1. The Hall–Kier alpha value is -1.47. The number of halogens is 1. The van der Waals surface area contributed by atoms with Crippen LogP contribution in [-0.2, 0) is 0 Å². The van der Waals surface area contributed by atoms with E-state index >= 15 is 0 Å². The van der Waals surface area contributed by atoms with Crippen LogP contribution in [0.1, 0.15) is 20.8 Å². The van der Waals surface area contributed by atoms with Gasteiger partial charge in [-0.15, -0.1) is 0 Å². The van der Waals surface area contributed by atoms with Crippen molar-refractivity contribution in [3.63, 3.8) is 0 Å². The zero-order valence-corrected chi connectivity index (χ0v) is 17.5. The van der Waals surface area contributed by atoms with E-state index in [0.29, 0.717) is 0 Å². The summed E-state index contributed by atoms with van der Waals surface area (Å²) in [6, 6.07) is 17.5. The number of hydrogen-bond donors (Lipinski definition) is 0. The highest BCUT2D eigenvalue weighted by Gasteiger charge is 2.20. The molecule has 0 fully saturated rings. The lowest BCUT2D eigenvalue weighted by Gasteiger charge is -2.35. The molecule has 0 heterocycles. The highest BCUT2D eigenvalue weighted by molar-refractivity contribution is 5.42. The van der Waals surface area contributed by atoms with E-state index in [-0.39, 0.29) is 24.0 Å². The van der Waals surface area contributed by atoms with Gasteiger partial charge in [0.2, 0.25) is 0 Å². The lowest BCUT2D eigenvalue weighted by molar-refractivity contribution is -0.923. The van der Waals surface area contributed by atoms with E-state index in [1.807, 2.05) is 54.6 Å². The molecule has 0 bridgehead atoms. The molecule has 2 aromatic rings. The van der Waals surface area contributed by atoms with Gasteiger partial charge in [-0.3, -0.25) is 0 Å². The molecule has 0 saturated carbocycles. The van der Waals surface area contributed by atoms with Crippen LogP contribution in [0.5, 0.6) is 5.75 Å². The maximum Gasteiger partial charge on any atom is 0.137 e. The third kappa shape index (κ3) is 6.74. The summed E-state index contributed by atoms with van der Waals surface area (Å²) in [5.41, 5.74) is 1.68. The number of azo groups is 1. The van der Waals surface area contributed by atoms with Gasteiger partial charge in [-0.25, -0.2) is 0 Å². The largest absolute Gasteiger partial charge is 1.00 e. The predicted octanol–water partition coefficient (Wildman–Crippen LogP) is 2.36. The Labute approximate surface area is 168 Å². The van der Waals surface area contributed by atoms with Crippen molar-refractivity contribution in [2.75, 3.05) is 32.8 Å². The molecule has 25 heavy (non-hydrogen) atoms. The third-order valence-electron chi connectivity index (χ3n) is 4.72. The van der Waals surface area contributed by atoms with Gasteiger partial charge in [-0.1, -0.05) is 18.2 Å². The molecule has 0 unspecified atom stereocenters. The fraction of sp³-hybridized carbons (Fsp3) is 0.400. The van der Waals surface area contributed by atoms with Gasteiger partial charge in [-0.05, 0) is 57.2 Å². The molecule has 0 saturated heterocycles. The summed E-state index contributed by atoms with van der Waals surface area (Å²) in [4.78, 5) is 0. The fourth-order valence-corrected chi connectivity index (χ4v) is 2.72. The lowest BCUT2D eigenvalue weighted by atomic mass is 10.3. The SMILES string of the molecule is CC[N+](CC)(CC)CCOc1ccc(N=Nc2ccccc2)cc1.[I-]. The maximum atomic E-state index is 5.90. The molecule has 0 N–H and O–H groups in total. The summed E-state index contributed by atoms with van der Waals surface area (Å²) < 4.78 is 7.00. The molecule has 0 aromatic heterocycles. The standard InChI is InChI=1S/C20H28N3O.HI/c1-4-23(5-2,6-3)16-17-24-20-14-12-19(13-15-20)22-21-18-10-8-7-9-11-18;/h7-15H,4-6,16-17H2,1-3H3;1H/q+1;/p-1. The molecule has 0 amide bonds. The number of benzene rings is 2. The second kappa shape index (κ2) is 11.2. The molecule has 0 aliphatic heterocycles. The van der Waals surface area contributed by atoms with Crippen molar-refractivity contribution in [3.8, 4) is 5.75 Å². The van der Waals surface area contributed by atoms with Crippen LogP contribution >= 0.6 is 0 Å². The predicted molar refractivity (Wildman–Crippen MR) is 99.3 cm³/mol. The van der Waals surface area contributed by atoms with E-state index in [0.717, 1.165) is 54.4 Å². The third-order valence-corrected chi connectivity index (χ3v) is 4.72. The average molecular weight is 453 g/mol. The Balaban J connectivity index is 0.00000312. The number of quaternary nitrogens is 1.